The van der Waals surface area contributed by atoms with Gasteiger partial charge < -0.3 is 20.7 Å². The smallest absolute Gasteiger partial charge is 0.137 e. The van der Waals surface area contributed by atoms with E-state index in [1.165, 1.54) is 0 Å². The van der Waals surface area contributed by atoms with Crippen LogP contribution >= 0.6 is 22.9 Å². The van der Waals surface area contributed by atoms with E-state index in [9.17, 15) is 5.21 Å². The van der Waals surface area contributed by atoms with Crippen molar-refractivity contribution in [3.8, 4) is 0 Å². The molecule has 0 unspecified atom stereocenters. The van der Waals surface area contributed by atoms with Crippen LogP contribution in [0.4, 0.5) is 11.5 Å². The number of anilines is 2. The molecular formula is C26H25ClN6OS. The summed E-state index contributed by atoms with van der Waals surface area (Å²) >= 11 is 7.77. The van der Waals surface area contributed by atoms with Crippen LogP contribution < -0.4 is 16.0 Å². The molecule has 5 rings (SSSR count). The SMILES string of the molecule is CN(CCNc1ncnc2cc(Cl)ccc12)CCNc1cccc2sc3ccccc3c(=NO)c12. The topological polar surface area (TPSA) is 85.7 Å². The molecular weight excluding hydrogens is 480 g/mol. The molecule has 0 atom stereocenters. The van der Waals surface area contributed by atoms with Crippen LogP contribution in [0, 0.1) is 0 Å². The van der Waals surface area contributed by atoms with Crippen molar-refractivity contribution in [2.24, 2.45) is 5.16 Å². The van der Waals surface area contributed by atoms with Crippen LogP contribution in [0.1, 0.15) is 0 Å². The van der Waals surface area contributed by atoms with E-state index in [2.05, 4.69) is 49.8 Å². The Morgan fingerprint density at radius 1 is 0.943 bits per heavy atom. The number of aromatic nitrogens is 2. The third-order valence-corrected chi connectivity index (χ3v) is 7.29. The minimum Gasteiger partial charge on any atom is -0.410 e. The van der Waals surface area contributed by atoms with Gasteiger partial charge in [-0.2, -0.15) is 0 Å². The Labute approximate surface area is 211 Å². The molecule has 0 fully saturated rings. The molecule has 178 valence electrons. The van der Waals surface area contributed by atoms with Gasteiger partial charge in [-0.1, -0.05) is 41.0 Å². The first-order valence-electron chi connectivity index (χ1n) is 11.3. The van der Waals surface area contributed by atoms with Gasteiger partial charge in [-0.15, -0.1) is 11.3 Å². The minimum atomic E-state index is 0.605. The van der Waals surface area contributed by atoms with Crippen LogP contribution in [0.2, 0.25) is 5.02 Å². The van der Waals surface area contributed by atoms with Crippen molar-refractivity contribution in [2.45, 2.75) is 0 Å². The number of nitrogens with zero attached hydrogens (tertiary/aromatic N) is 4. The first-order valence-corrected chi connectivity index (χ1v) is 12.5. The van der Waals surface area contributed by atoms with E-state index in [4.69, 9.17) is 11.6 Å². The van der Waals surface area contributed by atoms with Crippen molar-refractivity contribution in [2.75, 3.05) is 43.9 Å². The van der Waals surface area contributed by atoms with Crippen molar-refractivity contribution in [1.29, 1.82) is 0 Å². The van der Waals surface area contributed by atoms with Gasteiger partial charge in [0, 0.05) is 62.4 Å². The van der Waals surface area contributed by atoms with E-state index in [1.54, 1.807) is 17.7 Å². The molecule has 9 heteroatoms. The summed E-state index contributed by atoms with van der Waals surface area (Å²) in [6, 6.07) is 19.8. The van der Waals surface area contributed by atoms with Gasteiger partial charge in [-0.3, -0.25) is 0 Å². The number of likely N-dealkylation sites (N-methyl/N-ethyl adjacent to an activating group) is 1. The van der Waals surface area contributed by atoms with Crippen molar-refractivity contribution < 1.29 is 5.21 Å². The molecule has 0 saturated heterocycles. The maximum atomic E-state index is 9.81. The summed E-state index contributed by atoms with van der Waals surface area (Å²) in [5.74, 6) is 0.808. The summed E-state index contributed by atoms with van der Waals surface area (Å²) in [5, 5.41) is 24.5. The molecule has 35 heavy (non-hydrogen) atoms. The summed E-state index contributed by atoms with van der Waals surface area (Å²) < 4.78 is 2.18. The summed E-state index contributed by atoms with van der Waals surface area (Å²) in [4.78, 5) is 10.9. The molecule has 5 aromatic rings. The fourth-order valence-corrected chi connectivity index (χ4v) is 5.43. The number of benzene rings is 3. The monoisotopic (exact) mass is 504 g/mol. The molecule has 0 aliphatic heterocycles. The molecule has 7 nitrogen and oxygen atoms in total. The van der Waals surface area contributed by atoms with Gasteiger partial charge in [0.05, 0.1) is 5.52 Å². The molecule has 3 aromatic carbocycles. The Kier molecular flexibility index (Phi) is 6.94. The Hall–Kier alpha value is -3.46. The van der Waals surface area contributed by atoms with Gasteiger partial charge in [0.25, 0.3) is 0 Å². The highest BCUT2D eigenvalue weighted by Gasteiger charge is 2.10. The van der Waals surface area contributed by atoms with Crippen LogP contribution in [0.5, 0.6) is 0 Å². The number of fused-ring (bicyclic) bond motifs is 3. The van der Waals surface area contributed by atoms with Crippen LogP contribution in [-0.4, -0.2) is 53.3 Å². The normalized spacial score (nSPS) is 12.1. The molecule has 0 aliphatic carbocycles. The third-order valence-electron chi connectivity index (χ3n) is 5.92. The van der Waals surface area contributed by atoms with E-state index >= 15 is 0 Å². The molecule has 0 spiro atoms. The van der Waals surface area contributed by atoms with Gasteiger partial charge in [-0.25, -0.2) is 9.97 Å². The molecule has 0 bridgehead atoms. The van der Waals surface area contributed by atoms with Crippen molar-refractivity contribution >= 4 is 65.5 Å². The number of hydrogen-bond acceptors (Lipinski definition) is 8. The Bertz CT molecular complexity index is 1570. The van der Waals surface area contributed by atoms with Crippen LogP contribution in [-0.2, 0) is 0 Å². The van der Waals surface area contributed by atoms with Crippen molar-refractivity contribution in [1.82, 2.24) is 14.9 Å². The number of nitrogens with one attached hydrogen (secondary N) is 2. The standard InChI is InChI=1S/C26H25ClN6OS/c1-33(14-12-29-26-18-10-9-17(27)15-21(18)30-16-31-26)13-11-28-20-6-4-8-23-24(20)25(32-34)19-5-2-3-7-22(19)35-23/h2-10,15-16,28,34H,11-14H2,1H3,(H,29,30,31). The van der Waals surface area contributed by atoms with Gasteiger partial charge in [0.15, 0.2) is 0 Å². The summed E-state index contributed by atoms with van der Waals surface area (Å²) in [7, 11) is 2.09. The van der Waals surface area contributed by atoms with Crippen molar-refractivity contribution in [3.63, 3.8) is 0 Å². The Balaban J connectivity index is 1.22. The third kappa shape index (κ3) is 5.00. The quantitative estimate of drug-likeness (QED) is 0.149. The van der Waals surface area contributed by atoms with Gasteiger partial charge in [0.2, 0.25) is 0 Å². The summed E-state index contributed by atoms with van der Waals surface area (Å²) in [5.41, 5.74) is 1.79. The van der Waals surface area contributed by atoms with E-state index in [-0.39, 0.29) is 0 Å². The van der Waals surface area contributed by atoms with E-state index in [0.29, 0.717) is 10.4 Å². The maximum absolute atomic E-state index is 9.81. The fourth-order valence-electron chi connectivity index (χ4n) is 4.15. The maximum Gasteiger partial charge on any atom is 0.137 e. The van der Waals surface area contributed by atoms with Gasteiger partial charge in [0.1, 0.15) is 17.5 Å². The van der Waals surface area contributed by atoms with Gasteiger partial charge >= 0.3 is 0 Å². The van der Waals surface area contributed by atoms with E-state index in [0.717, 1.165) is 68.8 Å². The summed E-state index contributed by atoms with van der Waals surface area (Å²) in [6.07, 6.45) is 1.55. The lowest BCUT2D eigenvalue weighted by molar-refractivity contribution is 0.304. The lowest BCUT2D eigenvalue weighted by Gasteiger charge is -2.18. The van der Waals surface area contributed by atoms with Crippen LogP contribution in [0.25, 0.3) is 31.1 Å². The zero-order chi connectivity index (χ0) is 24.2. The largest absolute Gasteiger partial charge is 0.410 e. The second-order valence-corrected chi connectivity index (χ2v) is 9.79. The first kappa shape index (κ1) is 23.3. The van der Waals surface area contributed by atoms with Crippen LogP contribution in [0.15, 0.2) is 72.1 Å². The highest BCUT2D eigenvalue weighted by atomic mass is 35.5. The highest BCUT2D eigenvalue weighted by molar-refractivity contribution is 7.24. The number of hydrogen-bond donors (Lipinski definition) is 3. The predicted octanol–water partition coefficient (Wildman–Crippen LogP) is 5.40. The van der Waals surface area contributed by atoms with Crippen LogP contribution in [0.3, 0.4) is 0 Å². The molecule has 0 radical (unpaired) electrons. The second-order valence-electron chi connectivity index (χ2n) is 8.27. The fraction of sp³-hybridized carbons (Fsp3) is 0.192. The second kappa shape index (κ2) is 10.4. The number of rotatable bonds is 8. The average Bonchev–Trinajstić information content (AvgIpc) is 2.87. The average molecular weight is 505 g/mol. The molecule has 0 amide bonds. The van der Waals surface area contributed by atoms with Gasteiger partial charge in [-0.05, 0) is 43.4 Å². The predicted molar refractivity (Wildman–Crippen MR) is 146 cm³/mol. The molecule has 0 saturated carbocycles. The van der Waals surface area contributed by atoms with E-state index < -0.39 is 0 Å². The number of halogens is 1. The summed E-state index contributed by atoms with van der Waals surface area (Å²) in [6.45, 7) is 3.20. The lowest BCUT2D eigenvalue weighted by atomic mass is 10.1. The Morgan fingerprint density at radius 3 is 2.60 bits per heavy atom. The van der Waals surface area contributed by atoms with E-state index in [1.807, 2.05) is 48.5 Å². The zero-order valence-corrected chi connectivity index (χ0v) is 20.8. The first-order chi connectivity index (χ1) is 17.1. The molecule has 3 N–H and O–H groups in total. The lowest BCUT2D eigenvalue weighted by Crippen LogP contribution is -2.30. The zero-order valence-electron chi connectivity index (χ0n) is 19.2. The molecule has 0 aliphatic rings. The molecule has 2 heterocycles. The Morgan fingerprint density at radius 2 is 1.74 bits per heavy atom. The van der Waals surface area contributed by atoms with Crippen molar-refractivity contribution in [3.05, 3.63) is 77.4 Å². The minimum absolute atomic E-state index is 0.605. The molecule has 2 aromatic heterocycles. The highest BCUT2D eigenvalue weighted by Crippen LogP contribution is 2.29.